The molecule has 4 nitrogen and oxygen atoms in total. The number of nitrogens with zero attached hydrogens (tertiary/aromatic N) is 3. The van der Waals surface area contributed by atoms with Gasteiger partial charge in [0.1, 0.15) is 11.3 Å². The number of benzene rings is 1. The lowest BCUT2D eigenvalue weighted by Gasteiger charge is -2.00. The van der Waals surface area contributed by atoms with Crippen LogP contribution in [0.1, 0.15) is 0 Å². The number of aromatic nitrogens is 4. The van der Waals surface area contributed by atoms with Crippen LogP contribution in [0.4, 0.5) is 0 Å². The Balaban J connectivity index is 2.01. The molecule has 0 saturated heterocycles. The molecule has 3 heterocycles. The molecule has 0 amide bonds. The number of fused-ring (bicyclic) bond motifs is 2. The van der Waals surface area contributed by atoms with Gasteiger partial charge in [0, 0.05) is 24.7 Å². The minimum absolute atomic E-state index is 0.810. The van der Waals surface area contributed by atoms with Crippen molar-refractivity contribution in [2.24, 2.45) is 0 Å². The van der Waals surface area contributed by atoms with Crippen molar-refractivity contribution >= 4 is 22.1 Å². The molecule has 4 heteroatoms. The van der Waals surface area contributed by atoms with Gasteiger partial charge in [-0.25, -0.2) is 4.98 Å². The van der Waals surface area contributed by atoms with Gasteiger partial charge in [0.2, 0.25) is 0 Å². The summed E-state index contributed by atoms with van der Waals surface area (Å²) in [4.78, 5) is 11.8. The van der Waals surface area contributed by atoms with E-state index >= 15 is 0 Å². The van der Waals surface area contributed by atoms with Gasteiger partial charge in [0.05, 0.1) is 5.52 Å². The number of hydrogen-bond acceptors (Lipinski definition) is 2. The van der Waals surface area contributed by atoms with E-state index in [1.165, 1.54) is 10.9 Å². The highest BCUT2D eigenvalue weighted by molar-refractivity contribution is 5.83. The third-order valence-electron chi connectivity index (χ3n) is 3.11. The monoisotopic (exact) mass is 234 g/mol. The molecule has 4 aromatic rings. The lowest BCUT2D eigenvalue weighted by molar-refractivity contribution is 1.07. The van der Waals surface area contributed by atoms with Gasteiger partial charge in [0.15, 0.2) is 5.65 Å². The minimum atomic E-state index is 0.810. The highest BCUT2D eigenvalue weighted by atomic mass is 15.1. The maximum Gasteiger partial charge on any atom is 0.157 e. The summed E-state index contributed by atoms with van der Waals surface area (Å²) >= 11 is 0. The average Bonchev–Trinajstić information content (AvgIpc) is 3.02. The molecule has 0 aliphatic rings. The molecule has 0 radical (unpaired) electrons. The minimum Gasteiger partial charge on any atom is -0.324 e. The molecule has 0 aliphatic heterocycles. The lowest BCUT2D eigenvalue weighted by atomic mass is 10.2. The molecule has 0 fully saturated rings. The topological polar surface area (TPSA) is 46.5 Å². The summed E-state index contributed by atoms with van der Waals surface area (Å²) in [5.74, 6) is 0.984. The van der Waals surface area contributed by atoms with Gasteiger partial charge in [-0.2, -0.15) is 0 Å². The Hall–Kier alpha value is -2.62. The second kappa shape index (κ2) is 3.43. The Morgan fingerprint density at radius 2 is 1.89 bits per heavy atom. The van der Waals surface area contributed by atoms with E-state index in [1.807, 2.05) is 18.2 Å². The molecule has 0 spiro atoms. The van der Waals surface area contributed by atoms with Crippen LogP contribution < -0.4 is 0 Å². The van der Waals surface area contributed by atoms with Gasteiger partial charge in [0.25, 0.3) is 0 Å². The van der Waals surface area contributed by atoms with Crippen molar-refractivity contribution in [3.8, 4) is 5.82 Å². The third-order valence-corrected chi connectivity index (χ3v) is 3.11. The molecule has 86 valence electrons. The third kappa shape index (κ3) is 1.26. The van der Waals surface area contributed by atoms with E-state index in [1.54, 1.807) is 12.4 Å². The normalized spacial score (nSPS) is 11.3. The Labute approximate surface area is 103 Å². The second-order valence-electron chi connectivity index (χ2n) is 4.19. The molecule has 0 aliphatic carbocycles. The first kappa shape index (κ1) is 9.41. The van der Waals surface area contributed by atoms with Gasteiger partial charge < -0.3 is 9.55 Å². The number of rotatable bonds is 1. The fourth-order valence-electron chi connectivity index (χ4n) is 2.26. The van der Waals surface area contributed by atoms with E-state index in [0.717, 1.165) is 17.0 Å². The summed E-state index contributed by atoms with van der Waals surface area (Å²) in [5.41, 5.74) is 2.86. The van der Waals surface area contributed by atoms with Crippen LogP contribution in [0, 0.1) is 0 Å². The van der Waals surface area contributed by atoms with Gasteiger partial charge in [-0.15, -0.1) is 0 Å². The Bertz CT molecular complexity index is 808. The molecule has 0 atom stereocenters. The van der Waals surface area contributed by atoms with Crippen LogP contribution in [-0.2, 0) is 0 Å². The molecule has 0 unspecified atom stereocenters. The predicted molar refractivity (Wildman–Crippen MR) is 70.7 cm³/mol. The van der Waals surface area contributed by atoms with Crippen molar-refractivity contribution in [1.82, 2.24) is 19.5 Å². The fourth-order valence-corrected chi connectivity index (χ4v) is 2.26. The Kier molecular flexibility index (Phi) is 1.80. The van der Waals surface area contributed by atoms with Crippen LogP contribution in [0.15, 0.2) is 55.0 Å². The number of H-pyrrole nitrogens is 1. The largest absolute Gasteiger partial charge is 0.324 e. The molecule has 0 saturated carbocycles. The summed E-state index contributed by atoms with van der Waals surface area (Å²) in [5, 5.41) is 1.22. The first-order valence-corrected chi connectivity index (χ1v) is 5.78. The molecule has 0 bridgehead atoms. The first-order valence-electron chi connectivity index (χ1n) is 5.78. The van der Waals surface area contributed by atoms with E-state index in [4.69, 9.17) is 0 Å². The number of para-hydroxylation sites is 1. The van der Waals surface area contributed by atoms with Crippen molar-refractivity contribution in [2.45, 2.75) is 0 Å². The highest BCUT2D eigenvalue weighted by Crippen LogP contribution is 2.21. The van der Waals surface area contributed by atoms with E-state index in [9.17, 15) is 0 Å². The fraction of sp³-hybridized carbons (Fsp3) is 0. The maximum absolute atomic E-state index is 4.28. The number of nitrogens with one attached hydrogen (secondary N) is 1. The van der Waals surface area contributed by atoms with Crippen LogP contribution in [0.25, 0.3) is 27.9 Å². The molecule has 4 rings (SSSR count). The van der Waals surface area contributed by atoms with E-state index in [2.05, 4.69) is 43.9 Å². The van der Waals surface area contributed by atoms with Crippen molar-refractivity contribution in [3.63, 3.8) is 0 Å². The summed E-state index contributed by atoms with van der Waals surface area (Å²) in [6.45, 7) is 0. The van der Waals surface area contributed by atoms with Crippen LogP contribution >= 0.6 is 0 Å². The zero-order valence-electron chi connectivity index (χ0n) is 9.54. The van der Waals surface area contributed by atoms with Gasteiger partial charge in [-0.1, -0.05) is 18.2 Å². The smallest absolute Gasteiger partial charge is 0.157 e. The van der Waals surface area contributed by atoms with E-state index < -0.39 is 0 Å². The maximum atomic E-state index is 4.28. The molecule has 1 N–H and O–H groups in total. The zero-order chi connectivity index (χ0) is 11.9. The van der Waals surface area contributed by atoms with Gasteiger partial charge >= 0.3 is 0 Å². The first-order chi connectivity index (χ1) is 8.92. The molecular weight excluding hydrogens is 224 g/mol. The Morgan fingerprint density at radius 3 is 2.83 bits per heavy atom. The second-order valence-corrected chi connectivity index (χ2v) is 4.19. The molecule has 3 aromatic heterocycles. The van der Waals surface area contributed by atoms with E-state index in [-0.39, 0.29) is 0 Å². The predicted octanol–water partition coefficient (Wildman–Crippen LogP) is 2.90. The molecular formula is C14H10N4. The van der Waals surface area contributed by atoms with Gasteiger partial charge in [-0.05, 0) is 17.5 Å². The molecule has 1 aromatic carbocycles. The zero-order valence-corrected chi connectivity index (χ0v) is 9.54. The Morgan fingerprint density at radius 1 is 1.00 bits per heavy atom. The van der Waals surface area contributed by atoms with E-state index in [0.29, 0.717) is 0 Å². The summed E-state index contributed by atoms with van der Waals surface area (Å²) in [7, 11) is 0. The molecule has 18 heavy (non-hydrogen) atoms. The van der Waals surface area contributed by atoms with Crippen molar-refractivity contribution in [2.75, 3.05) is 0 Å². The SMILES string of the molecule is c1ccc2c(c1)ccn2-c1cc2nccnc2[nH]1. The van der Waals surface area contributed by atoms with Gasteiger partial charge in [-0.3, -0.25) is 4.98 Å². The highest BCUT2D eigenvalue weighted by Gasteiger charge is 2.06. The summed E-state index contributed by atoms with van der Waals surface area (Å²) in [6, 6.07) is 12.4. The lowest BCUT2D eigenvalue weighted by Crippen LogP contribution is -1.91. The summed E-state index contributed by atoms with van der Waals surface area (Å²) in [6.07, 6.45) is 5.44. The van der Waals surface area contributed by atoms with Crippen molar-refractivity contribution < 1.29 is 0 Å². The number of hydrogen-bond donors (Lipinski definition) is 1. The summed E-state index contributed by atoms with van der Waals surface area (Å²) < 4.78 is 2.11. The number of aromatic amines is 1. The van der Waals surface area contributed by atoms with Crippen LogP contribution in [0.5, 0.6) is 0 Å². The standard InChI is InChI=1S/C14H10N4/c1-2-4-12-10(3-1)5-8-18(12)13-9-11-14(17-13)16-7-6-15-11/h1-9H,(H,16,17). The van der Waals surface area contributed by atoms with Crippen molar-refractivity contribution in [3.05, 3.63) is 55.0 Å². The van der Waals surface area contributed by atoms with Crippen molar-refractivity contribution in [1.29, 1.82) is 0 Å². The van der Waals surface area contributed by atoms with Crippen LogP contribution in [-0.4, -0.2) is 19.5 Å². The average molecular weight is 234 g/mol. The quantitative estimate of drug-likeness (QED) is 0.550. The van der Waals surface area contributed by atoms with Crippen LogP contribution in [0.2, 0.25) is 0 Å². The van der Waals surface area contributed by atoms with Crippen LogP contribution in [0.3, 0.4) is 0 Å².